The second-order valence-electron chi connectivity index (χ2n) is 3.89. The fourth-order valence-electron chi connectivity index (χ4n) is 0.965. The van der Waals surface area contributed by atoms with Gasteiger partial charge in [0.15, 0.2) is 0 Å². The lowest BCUT2D eigenvalue weighted by Crippen LogP contribution is -2.49. The molecule has 0 saturated carbocycles. The molecule has 1 aromatic rings. The van der Waals surface area contributed by atoms with Gasteiger partial charge >= 0.3 is 0 Å². The predicted octanol–water partition coefficient (Wildman–Crippen LogP) is 0.324. The van der Waals surface area contributed by atoms with Crippen molar-refractivity contribution in [1.82, 2.24) is 15.3 Å². The van der Waals surface area contributed by atoms with Crippen LogP contribution in [0.2, 0.25) is 0 Å². The average molecular weight is 196 g/mol. The number of hydrogen-bond acceptors (Lipinski definition) is 3. The molecule has 1 heterocycles. The highest BCUT2D eigenvalue weighted by molar-refractivity contribution is 5.85. The SMILES string of the molecule is CC(NC(=O)C(C)(C)N)c1ncc[nH]1. The number of carbonyl (C=O) groups is 1. The van der Waals surface area contributed by atoms with E-state index in [1.807, 2.05) is 6.92 Å². The molecule has 78 valence electrons. The third kappa shape index (κ3) is 2.56. The summed E-state index contributed by atoms with van der Waals surface area (Å²) in [6.45, 7) is 5.18. The number of rotatable bonds is 3. The average Bonchev–Trinajstić information content (AvgIpc) is 2.53. The summed E-state index contributed by atoms with van der Waals surface area (Å²) in [5, 5.41) is 2.76. The van der Waals surface area contributed by atoms with Crippen LogP contribution in [0.4, 0.5) is 0 Å². The minimum Gasteiger partial charge on any atom is -0.347 e. The second-order valence-corrected chi connectivity index (χ2v) is 3.89. The molecule has 5 nitrogen and oxygen atoms in total. The van der Waals surface area contributed by atoms with E-state index in [9.17, 15) is 4.79 Å². The first-order valence-electron chi connectivity index (χ1n) is 4.50. The van der Waals surface area contributed by atoms with Crippen molar-refractivity contribution in [1.29, 1.82) is 0 Å². The van der Waals surface area contributed by atoms with Crippen LogP contribution in [0, 0.1) is 0 Å². The Bertz CT molecular complexity index is 299. The summed E-state index contributed by atoms with van der Waals surface area (Å²) in [5.74, 6) is 0.531. The highest BCUT2D eigenvalue weighted by Gasteiger charge is 2.23. The van der Waals surface area contributed by atoms with Gasteiger partial charge < -0.3 is 16.0 Å². The Morgan fingerprint density at radius 1 is 1.71 bits per heavy atom. The number of aromatic nitrogens is 2. The minimum atomic E-state index is -0.860. The lowest BCUT2D eigenvalue weighted by atomic mass is 10.1. The van der Waals surface area contributed by atoms with Gasteiger partial charge in [-0.05, 0) is 20.8 Å². The Kier molecular flexibility index (Phi) is 2.90. The first-order chi connectivity index (χ1) is 6.41. The molecule has 5 heteroatoms. The molecule has 0 bridgehead atoms. The van der Waals surface area contributed by atoms with Crippen molar-refractivity contribution in [3.8, 4) is 0 Å². The number of aromatic amines is 1. The van der Waals surface area contributed by atoms with Crippen molar-refractivity contribution in [3.05, 3.63) is 18.2 Å². The van der Waals surface area contributed by atoms with Crippen molar-refractivity contribution in [3.63, 3.8) is 0 Å². The molecular weight excluding hydrogens is 180 g/mol. The fraction of sp³-hybridized carbons (Fsp3) is 0.556. The first kappa shape index (κ1) is 10.7. The molecule has 0 aliphatic heterocycles. The molecule has 1 atom stereocenters. The van der Waals surface area contributed by atoms with E-state index in [0.717, 1.165) is 5.82 Å². The Morgan fingerprint density at radius 2 is 2.36 bits per heavy atom. The molecule has 0 aliphatic rings. The van der Waals surface area contributed by atoms with Crippen LogP contribution in [0.5, 0.6) is 0 Å². The number of hydrogen-bond donors (Lipinski definition) is 3. The minimum absolute atomic E-state index is 0.152. The van der Waals surface area contributed by atoms with Crippen LogP contribution in [0.25, 0.3) is 0 Å². The van der Waals surface area contributed by atoms with Gasteiger partial charge in [0, 0.05) is 12.4 Å². The van der Waals surface area contributed by atoms with Gasteiger partial charge in [-0.15, -0.1) is 0 Å². The molecule has 1 amide bonds. The van der Waals surface area contributed by atoms with E-state index in [-0.39, 0.29) is 11.9 Å². The first-order valence-corrected chi connectivity index (χ1v) is 4.50. The Hall–Kier alpha value is -1.36. The number of nitrogens with zero attached hydrogens (tertiary/aromatic N) is 1. The quantitative estimate of drug-likeness (QED) is 0.651. The van der Waals surface area contributed by atoms with E-state index in [1.54, 1.807) is 26.2 Å². The van der Waals surface area contributed by atoms with Crippen molar-refractivity contribution in [2.75, 3.05) is 0 Å². The van der Waals surface area contributed by atoms with E-state index >= 15 is 0 Å². The summed E-state index contributed by atoms with van der Waals surface area (Å²) < 4.78 is 0. The van der Waals surface area contributed by atoms with Gasteiger partial charge in [-0.3, -0.25) is 4.79 Å². The standard InChI is InChI=1S/C9H16N4O/c1-6(7-11-4-5-12-7)13-8(14)9(2,3)10/h4-6H,10H2,1-3H3,(H,11,12)(H,13,14). The zero-order valence-corrected chi connectivity index (χ0v) is 8.66. The Labute approximate surface area is 83.1 Å². The van der Waals surface area contributed by atoms with Gasteiger partial charge in [-0.2, -0.15) is 0 Å². The third-order valence-corrected chi connectivity index (χ3v) is 1.86. The van der Waals surface area contributed by atoms with Crippen molar-refractivity contribution < 1.29 is 4.79 Å². The maximum Gasteiger partial charge on any atom is 0.240 e. The third-order valence-electron chi connectivity index (χ3n) is 1.86. The van der Waals surface area contributed by atoms with Crippen LogP contribution >= 0.6 is 0 Å². The summed E-state index contributed by atoms with van der Waals surface area (Å²) >= 11 is 0. The normalized spacial score (nSPS) is 13.7. The molecule has 1 rings (SSSR count). The number of imidazole rings is 1. The Balaban J connectivity index is 2.58. The van der Waals surface area contributed by atoms with Crippen LogP contribution in [-0.2, 0) is 4.79 Å². The van der Waals surface area contributed by atoms with E-state index in [0.29, 0.717) is 0 Å². The van der Waals surface area contributed by atoms with Gasteiger partial charge in [0.1, 0.15) is 5.82 Å². The maximum atomic E-state index is 11.5. The molecule has 1 unspecified atom stereocenters. The summed E-state index contributed by atoms with van der Waals surface area (Å²) in [7, 11) is 0. The Morgan fingerprint density at radius 3 is 2.79 bits per heavy atom. The summed E-state index contributed by atoms with van der Waals surface area (Å²) in [5.41, 5.74) is 4.78. The van der Waals surface area contributed by atoms with Gasteiger partial charge in [-0.1, -0.05) is 0 Å². The molecule has 0 radical (unpaired) electrons. The van der Waals surface area contributed by atoms with Gasteiger partial charge in [-0.25, -0.2) is 4.98 Å². The van der Waals surface area contributed by atoms with E-state index in [2.05, 4.69) is 15.3 Å². The zero-order chi connectivity index (χ0) is 10.8. The second kappa shape index (κ2) is 3.79. The van der Waals surface area contributed by atoms with Gasteiger partial charge in [0.2, 0.25) is 5.91 Å². The lowest BCUT2D eigenvalue weighted by Gasteiger charge is -2.20. The summed E-state index contributed by atoms with van der Waals surface area (Å²) in [6, 6.07) is -0.152. The van der Waals surface area contributed by atoms with E-state index in [4.69, 9.17) is 5.73 Å². The van der Waals surface area contributed by atoms with Crippen molar-refractivity contribution in [2.45, 2.75) is 32.4 Å². The maximum absolute atomic E-state index is 11.5. The van der Waals surface area contributed by atoms with E-state index in [1.165, 1.54) is 0 Å². The fourth-order valence-corrected chi connectivity index (χ4v) is 0.965. The topological polar surface area (TPSA) is 83.8 Å². The molecule has 0 aliphatic carbocycles. The highest BCUT2D eigenvalue weighted by atomic mass is 16.2. The van der Waals surface area contributed by atoms with Crippen molar-refractivity contribution >= 4 is 5.91 Å². The molecule has 1 aromatic heterocycles. The van der Waals surface area contributed by atoms with Crippen LogP contribution in [0.15, 0.2) is 12.4 Å². The molecule has 0 aromatic carbocycles. The van der Waals surface area contributed by atoms with Crippen LogP contribution in [0.3, 0.4) is 0 Å². The van der Waals surface area contributed by atoms with Crippen LogP contribution < -0.4 is 11.1 Å². The van der Waals surface area contributed by atoms with Crippen LogP contribution in [0.1, 0.15) is 32.6 Å². The monoisotopic (exact) mass is 196 g/mol. The highest BCUT2D eigenvalue weighted by Crippen LogP contribution is 2.07. The number of nitrogens with one attached hydrogen (secondary N) is 2. The number of H-pyrrole nitrogens is 1. The van der Waals surface area contributed by atoms with Gasteiger partial charge in [0.05, 0.1) is 11.6 Å². The zero-order valence-electron chi connectivity index (χ0n) is 8.66. The molecule has 14 heavy (non-hydrogen) atoms. The van der Waals surface area contributed by atoms with Crippen molar-refractivity contribution in [2.24, 2.45) is 5.73 Å². The molecule has 4 N–H and O–H groups in total. The molecule has 0 spiro atoms. The smallest absolute Gasteiger partial charge is 0.240 e. The number of carbonyl (C=O) groups excluding carboxylic acids is 1. The summed E-state index contributed by atoms with van der Waals surface area (Å²) in [6.07, 6.45) is 3.36. The molecular formula is C9H16N4O. The predicted molar refractivity (Wildman–Crippen MR) is 53.4 cm³/mol. The lowest BCUT2D eigenvalue weighted by molar-refractivity contribution is -0.125. The number of amides is 1. The van der Waals surface area contributed by atoms with E-state index < -0.39 is 5.54 Å². The molecule has 0 saturated heterocycles. The number of nitrogens with two attached hydrogens (primary N) is 1. The van der Waals surface area contributed by atoms with Gasteiger partial charge in [0.25, 0.3) is 0 Å². The molecule has 0 fully saturated rings. The van der Waals surface area contributed by atoms with Crippen LogP contribution in [-0.4, -0.2) is 21.4 Å². The summed E-state index contributed by atoms with van der Waals surface area (Å²) in [4.78, 5) is 18.5. The largest absolute Gasteiger partial charge is 0.347 e.